The third kappa shape index (κ3) is 2.59. The third-order valence-corrected chi connectivity index (χ3v) is 5.31. The van der Waals surface area contributed by atoms with Crippen LogP contribution in [0.25, 0.3) is 0 Å². The van der Waals surface area contributed by atoms with Crippen LogP contribution in [-0.2, 0) is 5.41 Å². The smallest absolute Gasteiger partial charge is 0.296 e. The van der Waals surface area contributed by atoms with E-state index in [1.807, 2.05) is 0 Å². The van der Waals surface area contributed by atoms with Crippen LogP contribution in [0.4, 0.5) is 13.2 Å². The minimum absolute atomic E-state index is 0.00767. The fourth-order valence-corrected chi connectivity index (χ4v) is 3.65. The van der Waals surface area contributed by atoms with Gasteiger partial charge in [-0.3, -0.25) is 14.3 Å². The van der Waals surface area contributed by atoms with Crippen LogP contribution in [-0.4, -0.2) is 22.1 Å². The van der Waals surface area contributed by atoms with Crippen molar-refractivity contribution in [3.05, 3.63) is 50.7 Å². The van der Waals surface area contributed by atoms with E-state index < -0.39 is 17.3 Å². The molecule has 2 aliphatic rings. The summed E-state index contributed by atoms with van der Waals surface area (Å²) in [6.45, 7) is 0. The lowest BCUT2D eigenvalue weighted by molar-refractivity contribution is -0.160. The maximum atomic E-state index is 13.2. The van der Waals surface area contributed by atoms with E-state index in [-0.39, 0.29) is 46.6 Å². The molecule has 2 saturated carbocycles. The van der Waals surface area contributed by atoms with Gasteiger partial charge in [-0.1, -0.05) is 28.9 Å². The van der Waals surface area contributed by atoms with Crippen LogP contribution >= 0.6 is 11.6 Å². The van der Waals surface area contributed by atoms with Gasteiger partial charge in [0, 0.05) is 22.4 Å². The van der Waals surface area contributed by atoms with Crippen LogP contribution in [0.2, 0.25) is 5.02 Å². The lowest BCUT2D eigenvalue weighted by Crippen LogP contribution is -2.29. The van der Waals surface area contributed by atoms with Crippen molar-refractivity contribution in [1.29, 1.82) is 0 Å². The van der Waals surface area contributed by atoms with E-state index in [9.17, 15) is 22.8 Å². The van der Waals surface area contributed by atoms with Gasteiger partial charge in [0.2, 0.25) is 0 Å². The molecule has 0 amide bonds. The van der Waals surface area contributed by atoms with Crippen molar-refractivity contribution in [1.82, 2.24) is 10.1 Å². The number of nitrogens with one attached hydrogen (secondary N) is 1. The number of alkyl halides is 3. The first-order valence-electron chi connectivity index (χ1n) is 7.70. The van der Waals surface area contributed by atoms with Gasteiger partial charge in [-0.15, -0.1) is 0 Å². The molecular weight excluding hydrogens is 361 g/mol. The summed E-state index contributed by atoms with van der Waals surface area (Å²) in [5.74, 6) is -1.26. The minimum Gasteiger partial charge on any atom is -0.296 e. The first-order chi connectivity index (χ1) is 11.7. The number of ketones is 1. The molecule has 2 aromatic rings. The molecule has 2 fully saturated rings. The number of benzene rings is 1. The normalized spacial score (nSPS) is 24.2. The number of aromatic nitrogens is 2. The molecule has 0 saturated heterocycles. The van der Waals surface area contributed by atoms with E-state index in [2.05, 4.69) is 14.7 Å². The summed E-state index contributed by atoms with van der Waals surface area (Å²) in [6.07, 6.45) is -3.85. The molecule has 0 spiro atoms. The second kappa shape index (κ2) is 5.20. The van der Waals surface area contributed by atoms with Crippen molar-refractivity contribution < 1.29 is 22.5 Å². The maximum Gasteiger partial charge on any atom is 0.438 e. The number of hydrogen-bond acceptors (Lipinski definition) is 4. The van der Waals surface area contributed by atoms with Gasteiger partial charge in [0.05, 0.1) is 5.41 Å². The fraction of sp³-hybridized carbons (Fsp3) is 0.438. The highest BCUT2D eigenvalue weighted by atomic mass is 35.5. The molecule has 2 aliphatic carbocycles. The number of Topliss-reactive ketones (excluding diaryl/α,β-unsaturated/α-hetero) is 1. The quantitative estimate of drug-likeness (QED) is 0.832. The summed E-state index contributed by atoms with van der Waals surface area (Å²) in [6, 6.07) is 3.98. The predicted octanol–water partition coefficient (Wildman–Crippen LogP) is 3.60. The lowest BCUT2D eigenvalue weighted by Gasteiger charge is -2.21. The van der Waals surface area contributed by atoms with Crippen molar-refractivity contribution in [3.8, 4) is 0 Å². The van der Waals surface area contributed by atoms with Gasteiger partial charge in [0.1, 0.15) is 0 Å². The third-order valence-electron chi connectivity index (χ3n) is 5.00. The number of carbonyl (C=O) groups is 1. The topological polar surface area (TPSA) is 76.0 Å². The first-order valence-corrected chi connectivity index (χ1v) is 8.07. The van der Waals surface area contributed by atoms with Crippen LogP contribution < -0.4 is 5.76 Å². The Kier molecular flexibility index (Phi) is 3.41. The van der Waals surface area contributed by atoms with Crippen molar-refractivity contribution in [2.45, 2.75) is 36.8 Å². The minimum atomic E-state index is -4.36. The van der Waals surface area contributed by atoms with Crippen LogP contribution in [0.1, 0.15) is 46.9 Å². The van der Waals surface area contributed by atoms with Crippen molar-refractivity contribution in [2.24, 2.45) is 5.92 Å². The molecule has 0 aliphatic heterocycles. The molecule has 1 aromatic heterocycles. The predicted molar refractivity (Wildman–Crippen MR) is 80.7 cm³/mol. The zero-order valence-corrected chi connectivity index (χ0v) is 13.4. The second-order valence-electron chi connectivity index (χ2n) is 6.57. The monoisotopic (exact) mass is 372 g/mol. The molecule has 4 rings (SSSR count). The summed E-state index contributed by atoms with van der Waals surface area (Å²) < 4.78 is 44.1. The van der Waals surface area contributed by atoms with Gasteiger partial charge >= 0.3 is 11.9 Å². The highest BCUT2D eigenvalue weighted by molar-refractivity contribution is 6.32. The number of rotatable bonds is 4. The molecule has 9 heteroatoms. The number of aromatic amines is 1. The molecule has 132 valence electrons. The molecule has 2 atom stereocenters. The van der Waals surface area contributed by atoms with Gasteiger partial charge in [-0.25, -0.2) is 4.79 Å². The Labute approximate surface area is 144 Å². The average Bonchev–Trinajstić information content (AvgIpc) is 3.44. The Hall–Kier alpha value is -2.09. The number of halogens is 4. The summed E-state index contributed by atoms with van der Waals surface area (Å²) in [5.41, 5.74) is -1.61. The second-order valence-corrected chi connectivity index (χ2v) is 6.97. The standard InChI is InChI=1S/C16H12ClF3N2O3/c17-11-5-7(1-2-10(11)15(3-4-15)16(18,19)20)12(23)8-6-9(8)13-21-14(24)25-22-13/h1-2,5,8-9H,3-4,6H2,(H,21,22,24)/t8-,9-/m0/s1. The van der Waals surface area contributed by atoms with Gasteiger partial charge < -0.3 is 0 Å². The Morgan fingerprint density at radius 2 is 2.08 bits per heavy atom. The molecule has 0 unspecified atom stereocenters. The highest BCUT2D eigenvalue weighted by Crippen LogP contribution is 2.60. The summed E-state index contributed by atoms with van der Waals surface area (Å²) in [5, 5.41) is 3.51. The summed E-state index contributed by atoms with van der Waals surface area (Å²) in [7, 11) is 0. The molecular formula is C16H12ClF3N2O3. The Morgan fingerprint density at radius 3 is 2.60 bits per heavy atom. The number of hydrogen-bond donors (Lipinski definition) is 1. The number of nitrogens with zero attached hydrogens (tertiary/aromatic N) is 1. The molecule has 0 radical (unpaired) electrons. The van der Waals surface area contributed by atoms with Crippen molar-refractivity contribution >= 4 is 17.4 Å². The lowest BCUT2D eigenvalue weighted by atomic mass is 9.93. The van der Waals surface area contributed by atoms with Gasteiger partial charge in [-0.2, -0.15) is 13.2 Å². The Balaban J connectivity index is 1.56. The highest BCUT2D eigenvalue weighted by Gasteiger charge is 2.64. The van der Waals surface area contributed by atoms with Crippen LogP contribution in [0.5, 0.6) is 0 Å². The van der Waals surface area contributed by atoms with Crippen LogP contribution in [0, 0.1) is 5.92 Å². The van der Waals surface area contributed by atoms with Gasteiger partial charge in [0.15, 0.2) is 11.6 Å². The van der Waals surface area contributed by atoms with E-state index in [1.165, 1.54) is 18.2 Å². The number of H-pyrrole nitrogens is 1. The van der Waals surface area contributed by atoms with E-state index >= 15 is 0 Å². The molecule has 1 heterocycles. The van der Waals surface area contributed by atoms with Crippen molar-refractivity contribution in [3.63, 3.8) is 0 Å². The average molecular weight is 373 g/mol. The van der Waals surface area contributed by atoms with E-state index in [0.717, 1.165) is 0 Å². The zero-order valence-electron chi connectivity index (χ0n) is 12.7. The van der Waals surface area contributed by atoms with Crippen LogP contribution in [0.3, 0.4) is 0 Å². The summed E-state index contributed by atoms with van der Waals surface area (Å²) >= 11 is 6.06. The molecule has 5 nitrogen and oxygen atoms in total. The van der Waals surface area contributed by atoms with Gasteiger partial charge in [-0.05, 0) is 30.9 Å². The molecule has 1 aromatic carbocycles. The molecule has 1 N–H and O–H groups in total. The number of carbonyl (C=O) groups excluding carboxylic acids is 1. The zero-order chi connectivity index (χ0) is 18.0. The summed E-state index contributed by atoms with van der Waals surface area (Å²) in [4.78, 5) is 25.8. The maximum absolute atomic E-state index is 13.2. The Morgan fingerprint density at radius 1 is 1.36 bits per heavy atom. The molecule has 0 bridgehead atoms. The molecule has 25 heavy (non-hydrogen) atoms. The SMILES string of the molecule is O=C(c1ccc(C2(C(F)(F)F)CC2)c(Cl)c1)[C@H]1C[C@@H]1c1noc(=O)[nH]1. The van der Waals surface area contributed by atoms with E-state index in [4.69, 9.17) is 11.6 Å². The van der Waals surface area contributed by atoms with Gasteiger partial charge in [0.25, 0.3) is 0 Å². The van der Waals surface area contributed by atoms with E-state index in [0.29, 0.717) is 12.2 Å². The fourth-order valence-electron chi connectivity index (χ4n) is 3.29. The largest absolute Gasteiger partial charge is 0.438 e. The first kappa shape index (κ1) is 16.4. The van der Waals surface area contributed by atoms with Crippen molar-refractivity contribution in [2.75, 3.05) is 0 Å². The van der Waals surface area contributed by atoms with E-state index in [1.54, 1.807) is 0 Å². The Bertz CT molecular complexity index is 914. The van der Waals surface area contributed by atoms with Crippen LogP contribution in [0.15, 0.2) is 27.5 Å².